The van der Waals surface area contributed by atoms with E-state index in [-0.39, 0.29) is 41.4 Å². The number of ether oxygens (including phenoxy) is 3. The molecular weight excluding hydrogens is 332 g/mol. The Morgan fingerprint density at radius 2 is 1.92 bits per heavy atom. The lowest BCUT2D eigenvalue weighted by molar-refractivity contribution is -0.140. The zero-order chi connectivity index (χ0) is 18.6. The minimum absolute atomic E-state index is 0.0769. The molecule has 0 unspecified atom stereocenters. The van der Waals surface area contributed by atoms with Crippen molar-refractivity contribution >= 4 is 23.6 Å². The molecule has 0 aromatic heterocycles. The first kappa shape index (κ1) is 18.0. The zero-order valence-corrected chi connectivity index (χ0v) is 13.4. The smallest absolute Gasteiger partial charge is 0.355 e. The lowest BCUT2D eigenvalue weighted by atomic mass is 10.1. The summed E-state index contributed by atoms with van der Waals surface area (Å²) in [6.07, 6.45) is 0. The van der Waals surface area contributed by atoms with Crippen LogP contribution in [0, 0.1) is 11.3 Å². The number of methoxy groups -OCH3 is 2. The summed E-state index contributed by atoms with van der Waals surface area (Å²) in [5, 5.41) is 18.4. The lowest BCUT2D eigenvalue weighted by Crippen LogP contribution is -2.39. The van der Waals surface area contributed by atoms with Gasteiger partial charge in [0, 0.05) is 0 Å². The second-order valence-corrected chi connectivity index (χ2v) is 4.86. The molecule has 0 bridgehead atoms. The Hall–Kier alpha value is -3.38. The SMILES string of the molecule is COC(=O)C1=C(C(=O)OC)N(c2ccc(C#N)cc2C(=O)O)COC1. The second-order valence-electron chi connectivity index (χ2n) is 4.86. The van der Waals surface area contributed by atoms with Crippen molar-refractivity contribution in [2.24, 2.45) is 0 Å². The molecule has 0 saturated carbocycles. The highest BCUT2D eigenvalue weighted by Crippen LogP contribution is 2.30. The van der Waals surface area contributed by atoms with Crippen LogP contribution in [0.25, 0.3) is 0 Å². The molecule has 0 saturated heterocycles. The Morgan fingerprint density at radius 1 is 1.24 bits per heavy atom. The highest BCUT2D eigenvalue weighted by molar-refractivity contribution is 6.05. The van der Waals surface area contributed by atoms with Crippen LogP contribution >= 0.6 is 0 Å². The number of carboxylic acids is 1. The topological polar surface area (TPSA) is 126 Å². The van der Waals surface area contributed by atoms with Crippen LogP contribution in [0.3, 0.4) is 0 Å². The predicted molar refractivity (Wildman–Crippen MR) is 82.5 cm³/mol. The van der Waals surface area contributed by atoms with Crippen LogP contribution in [-0.4, -0.2) is 50.6 Å². The predicted octanol–water partition coefficient (Wildman–Crippen LogP) is 0.651. The van der Waals surface area contributed by atoms with Crippen molar-refractivity contribution in [3.05, 3.63) is 40.6 Å². The first-order valence-corrected chi connectivity index (χ1v) is 6.97. The highest BCUT2D eigenvalue weighted by Gasteiger charge is 2.34. The molecule has 0 amide bonds. The first-order valence-electron chi connectivity index (χ1n) is 6.97. The number of esters is 2. The van der Waals surface area contributed by atoms with Crippen molar-refractivity contribution in [2.75, 3.05) is 32.5 Å². The molecule has 2 rings (SSSR count). The molecule has 9 heteroatoms. The van der Waals surface area contributed by atoms with E-state index in [1.54, 1.807) is 0 Å². The number of nitrogens with zero attached hydrogens (tertiary/aromatic N) is 2. The Labute approximate surface area is 142 Å². The van der Waals surface area contributed by atoms with Crippen molar-refractivity contribution in [3.8, 4) is 6.07 Å². The third kappa shape index (κ3) is 3.44. The number of rotatable bonds is 4. The van der Waals surface area contributed by atoms with Gasteiger partial charge in [0.2, 0.25) is 0 Å². The van der Waals surface area contributed by atoms with Gasteiger partial charge in [0.15, 0.2) is 0 Å². The van der Waals surface area contributed by atoms with Crippen LogP contribution in [0.5, 0.6) is 0 Å². The quantitative estimate of drug-likeness (QED) is 0.782. The molecule has 1 aromatic rings. The summed E-state index contributed by atoms with van der Waals surface area (Å²) < 4.78 is 14.6. The number of benzene rings is 1. The molecule has 9 nitrogen and oxygen atoms in total. The van der Waals surface area contributed by atoms with Gasteiger partial charge in [-0.3, -0.25) is 0 Å². The van der Waals surface area contributed by atoms with Crippen molar-refractivity contribution in [1.29, 1.82) is 5.26 Å². The van der Waals surface area contributed by atoms with E-state index in [0.717, 1.165) is 14.2 Å². The van der Waals surface area contributed by atoms with E-state index in [1.807, 2.05) is 6.07 Å². The van der Waals surface area contributed by atoms with E-state index in [2.05, 4.69) is 4.74 Å². The first-order chi connectivity index (χ1) is 11.9. The second kappa shape index (κ2) is 7.46. The van der Waals surface area contributed by atoms with E-state index >= 15 is 0 Å². The van der Waals surface area contributed by atoms with Gasteiger partial charge < -0.3 is 24.2 Å². The molecule has 0 atom stereocenters. The van der Waals surface area contributed by atoms with Gasteiger partial charge in [-0.2, -0.15) is 5.26 Å². The highest BCUT2D eigenvalue weighted by atomic mass is 16.5. The third-order valence-corrected chi connectivity index (χ3v) is 3.48. The third-order valence-electron chi connectivity index (χ3n) is 3.48. The Kier molecular flexibility index (Phi) is 5.36. The molecule has 0 spiro atoms. The maximum absolute atomic E-state index is 12.2. The summed E-state index contributed by atoms with van der Waals surface area (Å²) in [6.45, 7) is -0.372. The van der Waals surface area contributed by atoms with Gasteiger partial charge in [-0.05, 0) is 18.2 Å². The van der Waals surface area contributed by atoms with Crippen LogP contribution in [0.15, 0.2) is 29.5 Å². The maximum Gasteiger partial charge on any atom is 0.355 e. The van der Waals surface area contributed by atoms with Gasteiger partial charge in [-0.1, -0.05) is 0 Å². The Bertz CT molecular complexity index is 807. The molecule has 1 heterocycles. The van der Waals surface area contributed by atoms with E-state index in [9.17, 15) is 19.5 Å². The van der Waals surface area contributed by atoms with E-state index in [0.29, 0.717) is 0 Å². The number of nitriles is 1. The summed E-state index contributed by atoms with van der Waals surface area (Å²) in [4.78, 5) is 36.9. The van der Waals surface area contributed by atoms with Gasteiger partial charge in [-0.25, -0.2) is 14.4 Å². The lowest BCUT2D eigenvalue weighted by Gasteiger charge is -2.32. The van der Waals surface area contributed by atoms with Gasteiger partial charge in [-0.15, -0.1) is 0 Å². The molecule has 1 aliphatic rings. The summed E-state index contributed by atoms with van der Waals surface area (Å²) in [6, 6.07) is 5.76. The van der Waals surface area contributed by atoms with Crippen molar-refractivity contribution in [3.63, 3.8) is 0 Å². The minimum Gasteiger partial charge on any atom is -0.478 e. The van der Waals surface area contributed by atoms with Crippen LogP contribution < -0.4 is 4.90 Å². The number of carboxylic acid groups (broad SMARTS) is 1. The Balaban J connectivity index is 2.68. The van der Waals surface area contributed by atoms with E-state index in [4.69, 9.17) is 14.7 Å². The standard InChI is InChI=1S/C16H14N2O7/c1-23-15(21)11-7-25-8-18(13(11)16(22)24-2)12-4-3-9(6-17)5-10(12)14(19)20/h3-5H,7-8H2,1-2H3,(H,19,20). The zero-order valence-electron chi connectivity index (χ0n) is 13.4. The fourth-order valence-corrected chi connectivity index (χ4v) is 2.35. The van der Waals surface area contributed by atoms with Gasteiger partial charge >= 0.3 is 17.9 Å². The normalized spacial score (nSPS) is 13.9. The van der Waals surface area contributed by atoms with Crippen molar-refractivity contribution in [1.82, 2.24) is 0 Å². The molecular formula is C16H14N2O7. The van der Waals surface area contributed by atoms with Crippen LogP contribution in [0.2, 0.25) is 0 Å². The molecule has 0 fully saturated rings. The number of aromatic carboxylic acids is 1. The monoisotopic (exact) mass is 346 g/mol. The number of anilines is 1. The van der Waals surface area contributed by atoms with Gasteiger partial charge in [0.05, 0.1) is 49.3 Å². The molecule has 1 N–H and O–H groups in total. The number of carbonyl (C=O) groups is 3. The summed E-state index contributed by atoms with van der Waals surface area (Å²) in [7, 11) is 2.28. The average Bonchev–Trinajstić information content (AvgIpc) is 2.65. The van der Waals surface area contributed by atoms with Crippen molar-refractivity contribution in [2.45, 2.75) is 0 Å². The minimum atomic E-state index is -1.30. The molecule has 1 aromatic carbocycles. The number of carbonyl (C=O) groups excluding carboxylic acids is 2. The average molecular weight is 346 g/mol. The van der Waals surface area contributed by atoms with E-state index in [1.165, 1.54) is 23.1 Å². The van der Waals surface area contributed by atoms with Gasteiger partial charge in [0.25, 0.3) is 0 Å². The largest absolute Gasteiger partial charge is 0.478 e. The van der Waals surface area contributed by atoms with Crippen molar-refractivity contribution < 1.29 is 33.7 Å². The summed E-state index contributed by atoms with van der Waals surface area (Å²) in [5.74, 6) is -2.94. The summed E-state index contributed by atoms with van der Waals surface area (Å²) in [5.41, 5.74) is -0.284. The fourth-order valence-electron chi connectivity index (χ4n) is 2.35. The fraction of sp³-hybridized carbons (Fsp3) is 0.250. The molecule has 0 aliphatic carbocycles. The number of hydrogen-bond donors (Lipinski definition) is 1. The summed E-state index contributed by atoms with van der Waals surface area (Å²) >= 11 is 0. The van der Waals surface area contributed by atoms with Crippen LogP contribution in [0.1, 0.15) is 15.9 Å². The molecule has 130 valence electrons. The van der Waals surface area contributed by atoms with Crippen LogP contribution in [0.4, 0.5) is 5.69 Å². The molecule has 25 heavy (non-hydrogen) atoms. The molecule has 0 radical (unpaired) electrons. The molecule has 1 aliphatic heterocycles. The maximum atomic E-state index is 12.2. The van der Waals surface area contributed by atoms with Crippen LogP contribution in [-0.2, 0) is 23.8 Å². The van der Waals surface area contributed by atoms with E-state index < -0.39 is 17.9 Å². The number of hydrogen-bond acceptors (Lipinski definition) is 8. The Morgan fingerprint density at radius 3 is 2.48 bits per heavy atom. The van der Waals surface area contributed by atoms with Gasteiger partial charge in [0.1, 0.15) is 12.4 Å².